The minimum Gasteiger partial charge on any atom is -0.247 e. The number of aromatic nitrogens is 3. The van der Waals surface area contributed by atoms with Crippen molar-refractivity contribution in [3.63, 3.8) is 0 Å². The molecule has 0 aliphatic rings. The van der Waals surface area contributed by atoms with Crippen LogP contribution in [0.5, 0.6) is 0 Å². The van der Waals surface area contributed by atoms with E-state index < -0.39 is 0 Å². The van der Waals surface area contributed by atoms with E-state index in [1.54, 1.807) is 16.8 Å². The van der Waals surface area contributed by atoms with Gasteiger partial charge >= 0.3 is 0 Å². The molecule has 0 radical (unpaired) electrons. The highest BCUT2D eigenvalue weighted by Gasteiger charge is 2.05. The summed E-state index contributed by atoms with van der Waals surface area (Å²) < 4.78 is 14.7. The summed E-state index contributed by atoms with van der Waals surface area (Å²) in [5, 5.41) is 8.41. The highest BCUT2D eigenvalue weighted by Crippen LogP contribution is 2.23. The van der Waals surface area contributed by atoms with E-state index in [9.17, 15) is 4.39 Å². The van der Waals surface area contributed by atoms with Crippen molar-refractivity contribution in [1.82, 2.24) is 15.0 Å². The molecule has 122 valence electrons. The molecule has 4 aromatic rings. The quantitative estimate of drug-likeness (QED) is 0.538. The molecule has 0 amide bonds. The van der Waals surface area contributed by atoms with E-state index in [0.717, 1.165) is 16.8 Å². The fourth-order valence-corrected chi connectivity index (χ4v) is 2.75. The standard InChI is InChI=1S/C21H16FN3/c22-20-12-6-16(7-13-20)14-25-15-21(23-24-25)19-10-8-18(9-11-19)17-4-2-1-3-5-17/h1-13,15H,14H2. The lowest BCUT2D eigenvalue weighted by molar-refractivity contribution is 0.621. The van der Waals surface area contributed by atoms with Crippen molar-refractivity contribution in [3.8, 4) is 22.4 Å². The Morgan fingerprint density at radius 2 is 1.36 bits per heavy atom. The summed E-state index contributed by atoms with van der Waals surface area (Å²) in [5.74, 6) is -0.235. The van der Waals surface area contributed by atoms with Crippen molar-refractivity contribution in [3.05, 3.63) is 96.4 Å². The Kier molecular flexibility index (Phi) is 4.09. The normalized spacial score (nSPS) is 10.8. The molecule has 0 bridgehead atoms. The highest BCUT2D eigenvalue weighted by molar-refractivity contribution is 5.68. The van der Waals surface area contributed by atoms with Crippen LogP contribution in [0.1, 0.15) is 5.56 Å². The summed E-state index contributed by atoms with van der Waals surface area (Å²) >= 11 is 0. The SMILES string of the molecule is Fc1ccc(Cn2cc(-c3ccc(-c4ccccc4)cc3)nn2)cc1. The largest absolute Gasteiger partial charge is 0.247 e. The van der Waals surface area contributed by atoms with Gasteiger partial charge in [-0.05, 0) is 28.8 Å². The monoisotopic (exact) mass is 329 g/mol. The lowest BCUT2D eigenvalue weighted by Crippen LogP contribution is -2.00. The van der Waals surface area contributed by atoms with Gasteiger partial charge in [0.1, 0.15) is 11.5 Å². The Hall–Kier alpha value is -3.27. The van der Waals surface area contributed by atoms with E-state index in [2.05, 4.69) is 46.7 Å². The zero-order valence-electron chi connectivity index (χ0n) is 13.5. The Morgan fingerprint density at radius 3 is 2.08 bits per heavy atom. The molecule has 1 aromatic heterocycles. The van der Waals surface area contributed by atoms with Crippen LogP contribution in [0.2, 0.25) is 0 Å². The van der Waals surface area contributed by atoms with Gasteiger partial charge in [-0.1, -0.05) is 71.9 Å². The first-order chi connectivity index (χ1) is 12.3. The van der Waals surface area contributed by atoms with Crippen LogP contribution in [-0.2, 0) is 6.54 Å². The van der Waals surface area contributed by atoms with Crippen LogP contribution in [0.4, 0.5) is 4.39 Å². The van der Waals surface area contributed by atoms with Crippen LogP contribution in [0.3, 0.4) is 0 Å². The van der Waals surface area contributed by atoms with Gasteiger partial charge in [0, 0.05) is 5.56 Å². The Morgan fingerprint density at radius 1 is 0.720 bits per heavy atom. The van der Waals surface area contributed by atoms with Gasteiger partial charge in [0.05, 0.1) is 12.7 Å². The molecule has 0 aliphatic carbocycles. The van der Waals surface area contributed by atoms with Crippen molar-refractivity contribution < 1.29 is 4.39 Å². The molecule has 0 atom stereocenters. The van der Waals surface area contributed by atoms with Gasteiger partial charge in [-0.3, -0.25) is 0 Å². The van der Waals surface area contributed by atoms with Crippen LogP contribution in [0, 0.1) is 5.82 Å². The van der Waals surface area contributed by atoms with Crippen molar-refractivity contribution >= 4 is 0 Å². The Labute approximate surface area is 145 Å². The minimum atomic E-state index is -0.235. The molecule has 0 saturated carbocycles. The summed E-state index contributed by atoms with van der Waals surface area (Å²) in [5.41, 5.74) is 5.18. The molecule has 1 heterocycles. The lowest BCUT2D eigenvalue weighted by atomic mass is 10.0. The first kappa shape index (κ1) is 15.3. The first-order valence-electron chi connectivity index (χ1n) is 8.08. The molecule has 25 heavy (non-hydrogen) atoms. The number of hydrogen-bond acceptors (Lipinski definition) is 2. The predicted molar refractivity (Wildman–Crippen MR) is 96.4 cm³/mol. The fourth-order valence-electron chi connectivity index (χ4n) is 2.75. The third-order valence-electron chi connectivity index (χ3n) is 4.08. The molecule has 0 unspecified atom stereocenters. The molecule has 0 N–H and O–H groups in total. The maximum absolute atomic E-state index is 13.0. The molecule has 0 spiro atoms. The number of hydrogen-bond donors (Lipinski definition) is 0. The predicted octanol–water partition coefficient (Wildman–Crippen LogP) is 4.80. The fraction of sp³-hybridized carbons (Fsp3) is 0.0476. The molecule has 4 rings (SSSR count). The smallest absolute Gasteiger partial charge is 0.123 e. The summed E-state index contributed by atoms with van der Waals surface area (Å²) in [6.45, 7) is 0.565. The lowest BCUT2D eigenvalue weighted by Gasteiger charge is -2.02. The second-order valence-corrected chi connectivity index (χ2v) is 5.87. The van der Waals surface area contributed by atoms with Crippen LogP contribution in [-0.4, -0.2) is 15.0 Å². The second-order valence-electron chi connectivity index (χ2n) is 5.87. The van der Waals surface area contributed by atoms with Crippen molar-refractivity contribution in [2.24, 2.45) is 0 Å². The zero-order chi connectivity index (χ0) is 17.1. The number of rotatable bonds is 4. The van der Waals surface area contributed by atoms with Gasteiger partial charge in [-0.25, -0.2) is 9.07 Å². The topological polar surface area (TPSA) is 30.7 Å². The average molecular weight is 329 g/mol. The van der Waals surface area contributed by atoms with Gasteiger partial charge in [0.2, 0.25) is 0 Å². The van der Waals surface area contributed by atoms with Crippen LogP contribution >= 0.6 is 0 Å². The third-order valence-corrected chi connectivity index (χ3v) is 4.08. The molecule has 4 heteroatoms. The van der Waals surface area contributed by atoms with Crippen molar-refractivity contribution in [2.75, 3.05) is 0 Å². The van der Waals surface area contributed by atoms with Crippen molar-refractivity contribution in [1.29, 1.82) is 0 Å². The molecule has 0 aliphatic heterocycles. The van der Waals surface area contributed by atoms with Gasteiger partial charge in [-0.15, -0.1) is 5.10 Å². The van der Waals surface area contributed by atoms with E-state index in [0.29, 0.717) is 6.54 Å². The van der Waals surface area contributed by atoms with E-state index in [1.165, 1.54) is 23.3 Å². The van der Waals surface area contributed by atoms with E-state index in [-0.39, 0.29) is 5.82 Å². The number of halogens is 1. The molecule has 3 nitrogen and oxygen atoms in total. The molecule has 0 saturated heterocycles. The molecular formula is C21H16FN3. The van der Waals surface area contributed by atoms with E-state index >= 15 is 0 Å². The maximum atomic E-state index is 13.0. The number of benzene rings is 3. The second kappa shape index (κ2) is 6.69. The zero-order valence-corrected chi connectivity index (χ0v) is 13.5. The summed E-state index contributed by atoms with van der Waals surface area (Å²) in [6, 6.07) is 25.0. The average Bonchev–Trinajstić information content (AvgIpc) is 3.13. The van der Waals surface area contributed by atoms with Crippen LogP contribution < -0.4 is 0 Å². The van der Waals surface area contributed by atoms with E-state index in [4.69, 9.17) is 0 Å². The molecule has 0 fully saturated rings. The van der Waals surface area contributed by atoms with E-state index in [1.807, 2.05) is 24.4 Å². The number of nitrogens with zero attached hydrogens (tertiary/aromatic N) is 3. The third kappa shape index (κ3) is 3.48. The summed E-state index contributed by atoms with van der Waals surface area (Å²) in [4.78, 5) is 0. The van der Waals surface area contributed by atoms with Crippen LogP contribution in [0.25, 0.3) is 22.4 Å². The van der Waals surface area contributed by atoms with Gasteiger partial charge in [-0.2, -0.15) is 0 Å². The van der Waals surface area contributed by atoms with Crippen molar-refractivity contribution in [2.45, 2.75) is 6.54 Å². The minimum absolute atomic E-state index is 0.235. The summed E-state index contributed by atoms with van der Waals surface area (Å²) in [7, 11) is 0. The summed E-state index contributed by atoms with van der Waals surface area (Å²) in [6.07, 6.45) is 1.90. The molecular weight excluding hydrogens is 313 g/mol. The maximum Gasteiger partial charge on any atom is 0.123 e. The highest BCUT2D eigenvalue weighted by atomic mass is 19.1. The Bertz CT molecular complexity index is 958. The van der Waals surface area contributed by atoms with Crippen LogP contribution in [0.15, 0.2) is 85.1 Å². The van der Waals surface area contributed by atoms with Gasteiger partial charge < -0.3 is 0 Å². The Balaban J connectivity index is 1.52. The first-order valence-corrected chi connectivity index (χ1v) is 8.08. The van der Waals surface area contributed by atoms with Gasteiger partial charge in [0.15, 0.2) is 0 Å². The molecule has 3 aromatic carbocycles. The van der Waals surface area contributed by atoms with Gasteiger partial charge in [0.25, 0.3) is 0 Å².